The molecule has 144 valence electrons. The van der Waals surface area contributed by atoms with E-state index in [1.54, 1.807) is 0 Å². The van der Waals surface area contributed by atoms with Crippen molar-refractivity contribution < 1.29 is 0 Å². The summed E-state index contributed by atoms with van der Waals surface area (Å²) in [4.78, 5) is 6.73. The molecule has 4 nitrogen and oxygen atoms in total. The molecule has 2 atom stereocenters. The number of likely N-dealkylation sites (N-methyl/N-ethyl adjacent to an activating group) is 1. The highest BCUT2D eigenvalue weighted by molar-refractivity contribution is 5.82. The summed E-state index contributed by atoms with van der Waals surface area (Å²) < 4.78 is 0. The highest BCUT2D eigenvalue weighted by atomic mass is 15.3. The second kappa shape index (κ2) is 6.83. The van der Waals surface area contributed by atoms with Gasteiger partial charge in [-0.3, -0.25) is 0 Å². The van der Waals surface area contributed by atoms with Crippen LogP contribution in [0.5, 0.6) is 0 Å². The number of rotatable bonds is 2. The Morgan fingerprint density at radius 2 is 1.68 bits per heavy atom. The monoisotopic (exact) mass is 372 g/mol. The molecule has 0 aromatic heterocycles. The van der Waals surface area contributed by atoms with E-state index in [2.05, 4.69) is 64.6 Å². The van der Waals surface area contributed by atoms with Gasteiger partial charge >= 0.3 is 0 Å². The van der Waals surface area contributed by atoms with Crippen LogP contribution in [-0.2, 0) is 11.0 Å². The van der Waals surface area contributed by atoms with Gasteiger partial charge in [0, 0.05) is 12.7 Å². The predicted molar refractivity (Wildman–Crippen MR) is 115 cm³/mol. The van der Waals surface area contributed by atoms with E-state index in [1.807, 2.05) is 36.2 Å². The van der Waals surface area contributed by atoms with Gasteiger partial charge in [0.2, 0.25) is 0 Å². The van der Waals surface area contributed by atoms with Gasteiger partial charge < -0.3 is 10.6 Å². The minimum Gasteiger partial charge on any atom is -0.370 e. The standard InChI is InChI=1S/C24H28N4/c1-16-21(18-9-13-19(14-10-18)23(2,3)4)24(5,27-22(26)28(16)6)20-11-7-17(15-25)8-12-20/h7-14,21H,1H2,2-6H3,(H2,26,27)/t21-,24?/m0/s1. The van der Waals surface area contributed by atoms with E-state index >= 15 is 0 Å². The van der Waals surface area contributed by atoms with Crippen molar-refractivity contribution in [2.75, 3.05) is 7.05 Å². The maximum atomic E-state index is 9.13. The number of nitrogens with zero attached hydrogens (tertiary/aromatic N) is 3. The molecule has 0 bridgehead atoms. The van der Waals surface area contributed by atoms with E-state index in [1.165, 1.54) is 5.56 Å². The summed E-state index contributed by atoms with van der Waals surface area (Å²) in [5.74, 6) is 0.381. The van der Waals surface area contributed by atoms with Gasteiger partial charge in [-0.25, -0.2) is 4.99 Å². The Morgan fingerprint density at radius 1 is 1.11 bits per heavy atom. The van der Waals surface area contributed by atoms with E-state index in [4.69, 9.17) is 16.0 Å². The zero-order chi connectivity index (χ0) is 20.7. The topological polar surface area (TPSA) is 65.4 Å². The Hall–Kier alpha value is -3.06. The molecule has 0 aliphatic carbocycles. The molecular formula is C24H28N4. The van der Waals surface area contributed by atoms with Gasteiger partial charge in [-0.15, -0.1) is 0 Å². The Balaban J connectivity index is 2.14. The normalized spacial score (nSPS) is 22.6. The van der Waals surface area contributed by atoms with Gasteiger partial charge in [0.1, 0.15) is 0 Å². The smallest absolute Gasteiger partial charge is 0.196 e. The van der Waals surface area contributed by atoms with Crippen LogP contribution in [0.2, 0.25) is 0 Å². The van der Waals surface area contributed by atoms with Crippen LogP contribution in [0.25, 0.3) is 0 Å². The van der Waals surface area contributed by atoms with Crippen LogP contribution >= 0.6 is 0 Å². The molecular weight excluding hydrogens is 344 g/mol. The summed E-state index contributed by atoms with van der Waals surface area (Å²) in [7, 11) is 1.90. The number of nitrogens with two attached hydrogens (primary N) is 1. The van der Waals surface area contributed by atoms with Crippen molar-refractivity contribution in [1.82, 2.24) is 4.90 Å². The molecule has 2 N–H and O–H groups in total. The Morgan fingerprint density at radius 3 is 2.18 bits per heavy atom. The number of guanidine groups is 1. The van der Waals surface area contributed by atoms with Crippen molar-refractivity contribution >= 4 is 5.96 Å². The van der Waals surface area contributed by atoms with E-state index in [0.717, 1.165) is 16.8 Å². The molecule has 2 aromatic rings. The van der Waals surface area contributed by atoms with Gasteiger partial charge in [-0.05, 0) is 41.2 Å². The molecule has 0 fully saturated rings. The summed E-state index contributed by atoms with van der Waals surface area (Å²) in [5.41, 5.74) is 10.7. The average molecular weight is 373 g/mol. The molecule has 0 radical (unpaired) electrons. The van der Waals surface area contributed by atoms with Crippen LogP contribution in [0.15, 0.2) is 65.8 Å². The lowest BCUT2D eigenvalue weighted by Crippen LogP contribution is -2.47. The zero-order valence-corrected chi connectivity index (χ0v) is 17.3. The molecule has 28 heavy (non-hydrogen) atoms. The van der Waals surface area contributed by atoms with E-state index in [0.29, 0.717) is 11.5 Å². The van der Waals surface area contributed by atoms with Crippen molar-refractivity contribution in [3.63, 3.8) is 0 Å². The van der Waals surface area contributed by atoms with Crippen molar-refractivity contribution in [2.24, 2.45) is 10.7 Å². The largest absolute Gasteiger partial charge is 0.370 e. The Kier molecular flexibility index (Phi) is 4.81. The maximum absolute atomic E-state index is 9.13. The SMILES string of the molecule is C=C1[C@@H](c2ccc(C(C)(C)C)cc2)C(C)(c2ccc(C#N)cc2)N=C(N)N1C. The van der Waals surface area contributed by atoms with Crippen molar-refractivity contribution in [2.45, 2.75) is 44.6 Å². The zero-order valence-electron chi connectivity index (χ0n) is 17.3. The second-order valence-electron chi connectivity index (χ2n) is 8.66. The lowest BCUT2D eigenvalue weighted by Gasteiger charge is -2.44. The van der Waals surface area contributed by atoms with Crippen LogP contribution < -0.4 is 5.73 Å². The van der Waals surface area contributed by atoms with Crippen LogP contribution in [0, 0.1) is 11.3 Å². The summed E-state index contributed by atoms with van der Waals surface area (Å²) in [6.07, 6.45) is 0. The first-order valence-electron chi connectivity index (χ1n) is 9.47. The van der Waals surface area contributed by atoms with Crippen LogP contribution in [0.4, 0.5) is 0 Å². The van der Waals surface area contributed by atoms with Gasteiger partial charge in [-0.2, -0.15) is 5.26 Å². The van der Waals surface area contributed by atoms with Crippen molar-refractivity contribution in [3.05, 3.63) is 83.1 Å². The molecule has 1 aliphatic rings. The summed E-state index contributed by atoms with van der Waals surface area (Å²) in [6, 6.07) is 18.5. The number of hydrogen-bond acceptors (Lipinski definition) is 4. The van der Waals surface area contributed by atoms with Crippen LogP contribution in [-0.4, -0.2) is 17.9 Å². The molecule has 2 aromatic carbocycles. The summed E-state index contributed by atoms with van der Waals surface area (Å²) >= 11 is 0. The quantitative estimate of drug-likeness (QED) is 0.836. The number of aliphatic imine (C=N–C) groups is 1. The fourth-order valence-electron chi connectivity index (χ4n) is 3.85. The van der Waals surface area contributed by atoms with Crippen molar-refractivity contribution in [1.29, 1.82) is 5.26 Å². The Labute approximate surface area is 168 Å². The molecule has 3 rings (SSSR count). The fraction of sp³-hybridized carbons (Fsp3) is 0.333. The van der Waals surface area contributed by atoms with Gasteiger partial charge in [0.25, 0.3) is 0 Å². The van der Waals surface area contributed by atoms with E-state index in [-0.39, 0.29) is 11.3 Å². The maximum Gasteiger partial charge on any atom is 0.196 e. The lowest BCUT2D eigenvalue weighted by atomic mass is 9.72. The third-order valence-electron chi connectivity index (χ3n) is 5.73. The van der Waals surface area contributed by atoms with Gasteiger partial charge in [-0.1, -0.05) is 63.7 Å². The number of benzene rings is 2. The lowest BCUT2D eigenvalue weighted by molar-refractivity contribution is 0.349. The first-order chi connectivity index (χ1) is 13.1. The third kappa shape index (κ3) is 3.29. The first-order valence-corrected chi connectivity index (χ1v) is 9.47. The summed E-state index contributed by atoms with van der Waals surface area (Å²) in [6.45, 7) is 13.1. The number of hydrogen-bond donors (Lipinski definition) is 1. The molecule has 0 spiro atoms. The fourth-order valence-corrected chi connectivity index (χ4v) is 3.85. The predicted octanol–water partition coefficient (Wildman–Crippen LogP) is 4.63. The number of nitriles is 1. The molecule has 1 heterocycles. The minimum atomic E-state index is -0.606. The average Bonchev–Trinajstić information content (AvgIpc) is 2.66. The molecule has 0 saturated carbocycles. The minimum absolute atomic E-state index is 0.0632. The van der Waals surface area contributed by atoms with Crippen LogP contribution in [0.3, 0.4) is 0 Å². The van der Waals surface area contributed by atoms with E-state index in [9.17, 15) is 0 Å². The third-order valence-corrected chi connectivity index (χ3v) is 5.73. The highest BCUT2D eigenvalue weighted by Crippen LogP contribution is 2.47. The summed E-state index contributed by atoms with van der Waals surface area (Å²) in [5, 5.41) is 9.13. The molecule has 0 amide bonds. The van der Waals surface area contributed by atoms with Gasteiger partial charge in [0.05, 0.1) is 23.1 Å². The molecule has 4 heteroatoms. The van der Waals surface area contributed by atoms with Gasteiger partial charge in [0.15, 0.2) is 5.96 Å². The highest BCUT2D eigenvalue weighted by Gasteiger charge is 2.43. The van der Waals surface area contributed by atoms with Crippen molar-refractivity contribution in [3.8, 4) is 6.07 Å². The molecule has 0 saturated heterocycles. The molecule has 1 unspecified atom stereocenters. The van der Waals surface area contributed by atoms with E-state index < -0.39 is 5.54 Å². The van der Waals surface area contributed by atoms with Crippen LogP contribution in [0.1, 0.15) is 55.9 Å². The first kappa shape index (κ1) is 19.7. The molecule has 1 aliphatic heterocycles. The Bertz CT molecular complexity index is 956. The second-order valence-corrected chi connectivity index (χ2v) is 8.66.